The number of rotatable bonds is 6. The molecule has 0 aromatic heterocycles. The molecule has 0 amide bonds. The van der Waals surface area contributed by atoms with Gasteiger partial charge in [-0.2, -0.15) is 0 Å². The fourth-order valence-corrected chi connectivity index (χ4v) is 0.835. The molecule has 4 heteroatoms. The summed E-state index contributed by atoms with van der Waals surface area (Å²) in [6.45, 7) is 3.46. The first kappa shape index (κ1) is 10.4. The highest BCUT2D eigenvalue weighted by molar-refractivity contribution is 5.69. The smallest absolute Gasteiger partial charge is 0.317 e. The molecule has 11 heavy (non-hydrogen) atoms. The van der Waals surface area contributed by atoms with Gasteiger partial charge in [-0.05, 0) is 13.0 Å². The summed E-state index contributed by atoms with van der Waals surface area (Å²) >= 11 is 0. The van der Waals surface area contributed by atoms with Gasteiger partial charge < -0.3 is 10.2 Å². The average Bonchev–Trinajstić information content (AvgIpc) is 1.97. The Morgan fingerprint density at radius 3 is 2.55 bits per heavy atom. The summed E-state index contributed by atoms with van der Waals surface area (Å²) < 4.78 is 0. The summed E-state index contributed by atoms with van der Waals surface area (Å²) in [5, 5.41) is 16.9. The zero-order valence-corrected chi connectivity index (χ0v) is 6.79. The minimum absolute atomic E-state index is 0.0660. The Labute approximate surface area is 66.4 Å². The summed E-state index contributed by atoms with van der Waals surface area (Å²) in [5.74, 6) is -0.815. The normalized spacial score (nSPS) is 10.5. The number of aliphatic hydroxyl groups excluding tert-OH is 1. The molecule has 2 N–H and O–H groups in total. The first-order valence-electron chi connectivity index (χ1n) is 3.75. The Morgan fingerprint density at radius 1 is 1.55 bits per heavy atom. The molecule has 0 unspecified atom stereocenters. The number of aliphatic hydroxyl groups is 1. The van der Waals surface area contributed by atoms with Crippen LogP contribution in [0.15, 0.2) is 0 Å². The molecular weight excluding hydrogens is 146 g/mol. The van der Waals surface area contributed by atoms with E-state index in [2.05, 4.69) is 0 Å². The van der Waals surface area contributed by atoms with Crippen molar-refractivity contribution in [2.45, 2.75) is 13.3 Å². The van der Waals surface area contributed by atoms with Gasteiger partial charge in [0, 0.05) is 13.2 Å². The molecule has 0 rings (SSSR count). The van der Waals surface area contributed by atoms with Gasteiger partial charge >= 0.3 is 5.97 Å². The first-order valence-corrected chi connectivity index (χ1v) is 3.75. The maximum Gasteiger partial charge on any atom is 0.317 e. The lowest BCUT2D eigenvalue weighted by molar-refractivity contribution is -0.138. The van der Waals surface area contributed by atoms with Crippen LogP contribution in [0.1, 0.15) is 13.3 Å². The molecule has 0 spiro atoms. The van der Waals surface area contributed by atoms with Crippen LogP contribution >= 0.6 is 0 Å². The predicted octanol–water partition coefficient (Wildman–Crippen LogP) is -0.225. The van der Waals surface area contributed by atoms with E-state index in [-0.39, 0.29) is 13.2 Å². The maximum atomic E-state index is 10.2. The number of hydrogen-bond donors (Lipinski definition) is 2. The maximum absolute atomic E-state index is 10.2. The summed E-state index contributed by atoms with van der Waals surface area (Å²) in [5.41, 5.74) is 0. The molecule has 0 heterocycles. The number of carboxylic acid groups (broad SMARTS) is 1. The van der Waals surface area contributed by atoms with Crippen LogP contribution in [0, 0.1) is 0 Å². The molecular formula is C7H15NO3. The molecule has 0 saturated carbocycles. The van der Waals surface area contributed by atoms with Gasteiger partial charge in [0.2, 0.25) is 0 Å². The van der Waals surface area contributed by atoms with Gasteiger partial charge in [-0.1, -0.05) is 6.92 Å². The Balaban J connectivity index is 3.49. The fraction of sp³-hybridized carbons (Fsp3) is 0.857. The second kappa shape index (κ2) is 6.12. The number of carboxylic acids is 1. The van der Waals surface area contributed by atoms with E-state index in [1.54, 1.807) is 4.90 Å². The lowest BCUT2D eigenvalue weighted by atomic mass is 10.4. The molecule has 0 aliphatic rings. The van der Waals surface area contributed by atoms with Crippen LogP contribution in [0.25, 0.3) is 0 Å². The van der Waals surface area contributed by atoms with E-state index < -0.39 is 5.97 Å². The number of carbonyl (C=O) groups is 1. The van der Waals surface area contributed by atoms with Crippen molar-refractivity contribution >= 4 is 5.97 Å². The molecule has 0 saturated heterocycles. The van der Waals surface area contributed by atoms with Crippen LogP contribution in [0.3, 0.4) is 0 Å². The van der Waals surface area contributed by atoms with Crippen LogP contribution in [0.4, 0.5) is 0 Å². The topological polar surface area (TPSA) is 60.8 Å². The highest BCUT2D eigenvalue weighted by atomic mass is 16.4. The lowest BCUT2D eigenvalue weighted by Crippen LogP contribution is -2.30. The van der Waals surface area contributed by atoms with Gasteiger partial charge in [-0.15, -0.1) is 0 Å². The van der Waals surface area contributed by atoms with Crippen molar-refractivity contribution < 1.29 is 15.0 Å². The van der Waals surface area contributed by atoms with Gasteiger partial charge in [0.15, 0.2) is 0 Å². The van der Waals surface area contributed by atoms with Gasteiger partial charge in [0.05, 0.1) is 6.54 Å². The number of hydrogen-bond acceptors (Lipinski definition) is 3. The molecule has 0 aromatic carbocycles. The Morgan fingerprint density at radius 2 is 2.18 bits per heavy atom. The molecule has 0 radical (unpaired) electrons. The van der Waals surface area contributed by atoms with E-state index in [0.29, 0.717) is 19.5 Å². The second-order valence-electron chi connectivity index (χ2n) is 2.34. The van der Waals surface area contributed by atoms with E-state index in [4.69, 9.17) is 10.2 Å². The summed E-state index contributed by atoms with van der Waals surface area (Å²) in [4.78, 5) is 12.0. The van der Waals surface area contributed by atoms with Crippen LogP contribution in [-0.2, 0) is 4.79 Å². The SMILES string of the molecule is CCN(CCCO)CC(=O)O. The van der Waals surface area contributed by atoms with E-state index in [1.165, 1.54) is 0 Å². The van der Waals surface area contributed by atoms with Crippen molar-refractivity contribution in [1.82, 2.24) is 4.90 Å². The van der Waals surface area contributed by atoms with Crippen LogP contribution in [0.2, 0.25) is 0 Å². The standard InChI is InChI=1S/C7H15NO3/c1-2-8(4-3-5-9)6-7(10)11/h9H,2-6H2,1H3,(H,10,11). The monoisotopic (exact) mass is 161 g/mol. The minimum Gasteiger partial charge on any atom is -0.480 e. The van der Waals surface area contributed by atoms with E-state index >= 15 is 0 Å². The highest BCUT2D eigenvalue weighted by Crippen LogP contribution is 1.89. The zero-order chi connectivity index (χ0) is 8.69. The molecule has 0 fully saturated rings. The molecule has 0 atom stereocenters. The van der Waals surface area contributed by atoms with Gasteiger partial charge in [0.1, 0.15) is 0 Å². The number of aliphatic carboxylic acids is 1. The average molecular weight is 161 g/mol. The molecule has 4 nitrogen and oxygen atoms in total. The number of likely N-dealkylation sites (N-methyl/N-ethyl adjacent to an activating group) is 1. The first-order chi connectivity index (χ1) is 5.20. The quantitative estimate of drug-likeness (QED) is 0.565. The second-order valence-corrected chi connectivity index (χ2v) is 2.34. The van der Waals surface area contributed by atoms with Crippen molar-refractivity contribution in [3.63, 3.8) is 0 Å². The fourth-order valence-electron chi connectivity index (χ4n) is 0.835. The molecule has 0 aliphatic heterocycles. The van der Waals surface area contributed by atoms with E-state index in [1.807, 2.05) is 6.92 Å². The Bertz CT molecular complexity index is 116. The molecule has 0 aromatic rings. The summed E-state index contributed by atoms with van der Waals surface area (Å²) in [7, 11) is 0. The Hall–Kier alpha value is -0.610. The Kier molecular flexibility index (Phi) is 5.78. The van der Waals surface area contributed by atoms with Gasteiger partial charge in [-0.25, -0.2) is 0 Å². The van der Waals surface area contributed by atoms with Crippen LogP contribution in [-0.4, -0.2) is 47.3 Å². The predicted molar refractivity (Wildman–Crippen MR) is 41.5 cm³/mol. The third-order valence-electron chi connectivity index (χ3n) is 1.44. The van der Waals surface area contributed by atoms with Crippen molar-refractivity contribution in [3.05, 3.63) is 0 Å². The molecule has 0 bridgehead atoms. The minimum atomic E-state index is -0.815. The van der Waals surface area contributed by atoms with E-state index in [9.17, 15) is 4.79 Å². The van der Waals surface area contributed by atoms with Crippen LogP contribution < -0.4 is 0 Å². The third-order valence-corrected chi connectivity index (χ3v) is 1.44. The lowest BCUT2D eigenvalue weighted by Gasteiger charge is -2.16. The zero-order valence-electron chi connectivity index (χ0n) is 6.79. The molecule has 0 aliphatic carbocycles. The van der Waals surface area contributed by atoms with Crippen molar-refractivity contribution in [3.8, 4) is 0 Å². The molecule has 66 valence electrons. The largest absolute Gasteiger partial charge is 0.480 e. The number of nitrogens with zero attached hydrogens (tertiary/aromatic N) is 1. The van der Waals surface area contributed by atoms with E-state index in [0.717, 1.165) is 0 Å². The third kappa shape index (κ3) is 5.82. The summed E-state index contributed by atoms with van der Waals surface area (Å²) in [6.07, 6.45) is 0.640. The highest BCUT2D eigenvalue weighted by Gasteiger charge is 2.05. The van der Waals surface area contributed by atoms with Gasteiger partial charge in [0.25, 0.3) is 0 Å². The van der Waals surface area contributed by atoms with Gasteiger partial charge in [-0.3, -0.25) is 9.69 Å². The van der Waals surface area contributed by atoms with Crippen molar-refractivity contribution in [1.29, 1.82) is 0 Å². The van der Waals surface area contributed by atoms with Crippen molar-refractivity contribution in [2.75, 3.05) is 26.2 Å². The van der Waals surface area contributed by atoms with Crippen molar-refractivity contribution in [2.24, 2.45) is 0 Å². The van der Waals surface area contributed by atoms with Crippen LogP contribution in [0.5, 0.6) is 0 Å². The summed E-state index contributed by atoms with van der Waals surface area (Å²) in [6, 6.07) is 0.